The Labute approximate surface area is 156 Å². The van der Waals surface area contributed by atoms with Gasteiger partial charge in [-0.3, -0.25) is 0 Å². The lowest BCUT2D eigenvalue weighted by atomic mass is 10.0. The first-order chi connectivity index (χ1) is 12.7. The van der Waals surface area contributed by atoms with Gasteiger partial charge in [-0.25, -0.2) is 0 Å². The molecule has 5 nitrogen and oxygen atoms in total. The van der Waals surface area contributed by atoms with Crippen molar-refractivity contribution in [1.29, 1.82) is 0 Å². The molecule has 0 spiro atoms. The summed E-state index contributed by atoms with van der Waals surface area (Å²) in [5.41, 5.74) is 0.788. The molecule has 0 amide bonds. The molecule has 0 unspecified atom stereocenters. The molecule has 0 atom stereocenters. The third-order valence-electron chi connectivity index (χ3n) is 4.91. The number of nitrogens with one attached hydrogen (secondary N) is 1. The van der Waals surface area contributed by atoms with Gasteiger partial charge in [-0.1, -0.05) is 0 Å². The van der Waals surface area contributed by atoms with Crippen molar-refractivity contribution in [2.45, 2.75) is 38.5 Å². The van der Waals surface area contributed by atoms with Gasteiger partial charge in [0, 0.05) is 18.2 Å². The molecular weight excluding hydrogens is 357 g/mol. The number of alkyl halides is 3. The molecule has 1 saturated heterocycles. The van der Waals surface area contributed by atoms with Crippen LogP contribution < -0.4 is 5.32 Å². The Bertz CT molecular complexity index is 762. The number of phenolic OH excluding ortho intramolecular Hbond substituents is 1. The summed E-state index contributed by atoms with van der Waals surface area (Å²) in [6.07, 6.45) is -2.34. The first-order valence-electron chi connectivity index (χ1n) is 8.90. The molecule has 0 aliphatic carbocycles. The maximum atomic E-state index is 12.8. The largest absolute Gasteiger partial charge is 0.507 e. The highest BCUT2D eigenvalue weighted by Crippen LogP contribution is 2.38. The summed E-state index contributed by atoms with van der Waals surface area (Å²) in [6, 6.07) is 5.63. The van der Waals surface area contributed by atoms with Crippen LogP contribution in [0, 0.1) is 6.92 Å². The smallest absolute Gasteiger partial charge is 0.416 e. The van der Waals surface area contributed by atoms with Gasteiger partial charge in [-0.05, 0) is 69.7 Å². The maximum Gasteiger partial charge on any atom is 0.416 e. The third-order valence-corrected chi connectivity index (χ3v) is 4.91. The molecule has 0 bridgehead atoms. The number of halogens is 3. The fourth-order valence-electron chi connectivity index (χ4n) is 3.31. The molecular formula is C19H23F3N4O. The van der Waals surface area contributed by atoms with Crippen molar-refractivity contribution in [3.8, 4) is 17.0 Å². The van der Waals surface area contributed by atoms with E-state index in [4.69, 9.17) is 0 Å². The van der Waals surface area contributed by atoms with E-state index in [1.165, 1.54) is 6.92 Å². The Morgan fingerprint density at radius 1 is 1.19 bits per heavy atom. The van der Waals surface area contributed by atoms with Crippen molar-refractivity contribution >= 4 is 0 Å². The number of nitrogens with zero attached hydrogens (tertiary/aromatic N) is 3. The average molecular weight is 380 g/mol. The van der Waals surface area contributed by atoms with Gasteiger partial charge in [0.15, 0.2) is 0 Å². The normalized spacial score (nSPS) is 16.6. The fourth-order valence-corrected chi connectivity index (χ4v) is 3.31. The average Bonchev–Trinajstić information content (AvgIpc) is 2.61. The summed E-state index contributed by atoms with van der Waals surface area (Å²) in [6.45, 7) is 4.23. The number of aryl methyl sites for hydroxylation is 1. The number of hydrogen-bond acceptors (Lipinski definition) is 5. The molecule has 146 valence electrons. The molecule has 1 aromatic carbocycles. The van der Waals surface area contributed by atoms with Crippen molar-refractivity contribution in [2.24, 2.45) is 0 Å². The lowest BCUT2D eigenvalue weighted by molar-refractivity contribution is -0.137. The predicted molar refractivity (Wildman–Crippen MR) is 96.2 cm³/mol. The van der Waals surface area contributed by atoms with E-state index in [0.29, 0.717) is 23.8 Å². The lowest BCUT2D eigenvalue weighted by Crippen LogP contribution is -2.40. The van der Waals surface area contributed by atoms with E-state index in [2.05, 4.69) is 27.5 Å². The molecule has 1 aliphatic rings. The third kappa shape index (κ3) is 4.75. The van der Waals surface area contributed by atoms with E-state index in [9.17, 15) is 18.3 Å². The first kappa shape index (κ1) is 19.6. The van der Waals surface area contributed by atoms with Gasteiger partial charge >= 0.3 is 6.18 Å². The molecule has 1 fully saturated rings. The van der Waals surface area contributed by atoms with Crippen LogP contribution >= 0.6 is 0 Å². The lowest BCUT2D eigenvalue weighted by Gasteiger charge is -2.29. The van der Waals surface area contributed by atoms with Crippen LogP contribution in [0.5, 0.6) is 5.75 Å². The molecule has 1 aromatic heterocycles. The van der Waals surface area contributed by atoms with E-state index in [1.54, 1.807) is 12.1 Å². The summed E-state index contributed by atoms with van der Waals surface area (Å²) >= 11 is 0. The molecule has 2 N–H and O–H groups in total. The Hall–Kier alpha value is -2.19. The number of rotatable bonds is 4. The monoisotopic (exact) mass is 380 g/mol. The van der Waals surface area contributed by atoms with Crippen molar-refractivity contribution in [2.75, 3.05) is 20.1 Å². The van der Waals surface area contributed by atoms with E-state index in [1.807, 2.05) is 0 Å². The van der Waals surface area contributed by atoms with Gasteiger partial charge < -0.3 is 15.3 Å². The second-order valence-electron chi connectivity index (χ2n) is 7.05. The first-order valence-corrected chi connectivity index (χ1v) is 8.90. The highest BCUT2D eigenvalue weighted by atomic mass is 19.4. The summed E-state index contributed by atoms with van der Waals surface area (Å²) in [5.74, 6) is -0.450. The number of aromatic hydroxyl groups is 1. The number of hydrogen-bond donors (Lipinski definition) is 2. The van der Waals surface area contributed by atoms with Crippen LogP contribution in [0.2, 0.25) is 0 Å². The summed E-state index contributed by atoms with van der Waals surface area (Å²) in [7, 11) is 2.11. The van der Waals surface area contributed by atoms with E-state index in [-0.39, 0.29) is 5.56 Å². The van der Waals surface area contributed by atoms with E-state index in [0.717, 1.165) is 43.8 Å². The second-order valence-corrected chi connectivity index (χ2v) is 7.05. The molecule has 2 aromatic rings. The second kappa shape index (κ2) is 7.82. The van der Waals surface area contributed by atoms with Crippen LogP contribution in [0.1, 0.15) is 29.7 Å². The number of benzene rings is 1. The molecule has 27 heavy (non-hydrogen) atoms. The summed E-state index contributed by atoms with van der Waals surface area (Å²) < 4.78 is 38.5. The Morgan fingerprint density at radius 2 is 1.89 bits per heavy atom. The highest BCUT2D eigenvalue weighted by molar-refractivity contribution is 5.71. The SMILES string of the molecule is Cc1cc(C(F)(F)F)cc(O)c1-c1ccc(CNC2CCN(C)CC2)nn1. The predicted octanol–water partition coefficient (Wildman–Crippen LogP) is 3.36. The van der Waals surface area contributed by atoms with E-state index < -0.39 is 17.5 Å². The minimum Gasteiger partial charge on any atom is -0.507 e. The Morgan fingerprint density at radius 3 is 2.44 bits per heavy atom. The van der Waals surface area contributed by atoms with Gasteiger partial charge in [0.05, 0.1) is 17.0 Å². The topological polar surface area (TPSA) is 61.3 Å². The minimum absolute atomic E-state index is 0.269. The highest BCUT2D eigenvalue weighted by Gasteiger charge is 2.32. The number of piperidine rings is 1. The van der Waals surface area contributed by atoms with Gasteiger partial charge in [0.2, 0.25) is 0 Å². The van der Waals surface area contributed by atoms with Crippen LogP contribution in [-0.2, 0) is 12.7 Å². The number of aromatic nitrogens is 2. The van der Waals surface area contributed by atoms with Crippen LogP contribution in [0.15, 0.2) is 24.3 Å². The Kier molecular flexibility index (Phi) is 5.67. The molecule has 3 rings (SSSR count). The van der Waals surface area contributed by atoms with Crippen LogP contribution in [0.25, 0.3) is 11.3 Å². The molecule has 0 saturated carbocycles. The zero-order chi connectivity index (χ0) is 19.6. The fraction of sp³-hybridized carbons (Fsp3) is 0.474. The van der Waals surface area contributed by atoms with Crippen LogP contribution in [-0.4, -0.2) is 46.4 Å². The van der Waals surface area contributed by atoms with E-state index >= 15 is 0 Å². The standard InChI is InChI=1S/C19H23F3N4O/c1-12-9-13(19(20,21)22)10-17(27)18(12)16-4-3-15(24-25-16)11-23-14-5-7-26(2)8-6-14/h3-4,9-10,14,23,27H,5-8,11H2,1-2H3. The van der Waals surface area contributed by atoms with Gasteiger partial charge in [-0.2, -0.15) is 23.4 Å². The zero-order valence-corrected chi connectivity index (χ0v) is 15.3. The number of phenols is 1. The molecule has 8 heteroatoms. The van der Waals surface area contributed by atoms with Gasteiger partial charge in [0.25, 0.3) is 0 Å². The number of likely N-dealkylation sites (tertiary alicyclic amines) is 1. The molecule has 1 aliphatic heterocycles. The van der Waals surface area contributed by atoms with Crippen LogP contribution in [0.4, 0.5) is 13.2 Å². The molecule has 0 radical (unpaired) electrons. The quantitative estimate of drug-likeness (QED) is 0.852. The van der Waals surface area contributed by atoms with Crippen molar-refractivity contribution in [1.82, 2.24) is 20.4 Å². The van der Waals surface area contributed by atoms with Gasteiger partial charge in [0.1, 0.15) is 5.75 Å². The van der Waals surface area contributed by atoms with Crippen molar-refractivity contribution in [3.63, 3.8) is 0 Å². The van der Waals surface area contributed by atoms with Gasteiger partial charge in [-0.15, -0.1) is 0 Å². The van der Waals surface area contributed by atoms with Crippen molar-refractivity contribution < 1.29 is 18.3 Å². The van der Waals surface area contributed by atoms with Crippen LogP contribution in [0.3, 0.4) is 0 Å². The zero-order valence-electron chi connectivity index (χ0n) is 15.3. The molecule has 2 heterocycles. The summed E-state index contributed by atoms with van der Waals surface area (Å²) in [4.78, 5) is 2.30. The summed E-state index contributed by atoms with van der Waals surface area (Å²) in [5, 5.41) is 21.8. The Balaban J connectivity index is 1.70. The maximum absolute atomic E-state index is 12.8. The van der Waals surface area contributed by atoms with Crippen molar-refractivity contribution in [3.05, 3.63) is 41.1 Å². The minimum atomic E-state index is -4.50.